The van der Waals surface area contributed by atoms with Crippen molar-refractivity contribution < 1.29 is 32.3 Å². The van der Waals surface area contributed by atoms with Gasteiger partial charge >= 0.3 is 5.69 Å². The monoisotopic (exact) mass is 452 g/mol. The molecule has 10 nitrogen and oxygen atoms in total. The Kier molecular flexibility index (Phi) is 7.66. The smallest absolute Gasteiger partial charge is 0.312 e. The van der Waals surface area contributed by atoms with Gasteiger partial charge in [-0.05, 0) is 43.3 Å². The predicted molar refractivity (Wildman–Crippen MR) is 111 cm³/mol. The first-order valence-corrected chi connectivity index (χ1v) is 11.2. The maximum atomic E-state index is 12.7. The van der Waals surface area contributed by atoms with Gasteiger partial charge in [-0.25, -0.2) is 8.42 Å². The molecule has 1 fully saturated rings. The van der Waals surface area contributed by atoms with Crippen LogP contribution in [0.25, 0.3) is 0 Å². The zero-order valence-corrected chi connectivity index (χ0v) is 17.9. The van der Waals surface area contributed by atoms with E-state index >= 15 is 0 Å². The third kappa shape index (κ3) is 5.84. The molecule has 1 saturated heterocycles. The summed E-state index contributed by atoms with van der Waals surface area (Å²) >= 11 is 0. The van der Waals surface area contributed by atoms with E-state index in [1.807, 2.05) is 6.92 Å². The molecule has 0 N–H and O–H groups in total. The summed E-state index contributed by atoms with van der Waals surface area (Å²) < 4.78 is 48.3. The number of hydrogen-bond acceptors (Lipinski definition) is 8. The Bertz CT molecular complexity index is 989. The molecule has 31 heavy (non-hydrogen) atoms. The van der Waals surface area contributed by atoms with E-state index in [2.05, 4.69) is 0 Å². The fourth-order valence-electron chi connectivity index (χ4n) is 2.97. The van der Waals surface area contributed by atoms with Crippen molar-refractivity contribution in [2.24, 2.45) is 0 Å². The number of benzene rings is 2. The van der Waals surface area contributed by atoms with Crippen LogP contribution in [0.3, 0.4) is 0 Å². The van der Waals surface area contributed by atoms with Gasteiger partial charge in [-0.1, -0.05) is 0 Å². The number of sulfonamides is 1. The molecule has 0 radical (unpaired) electrons. The Morgan fingerprint density at radius 1 is 1.00 bits per heavy atom. The Labute approximate surface area is 180 Å². The average molecular weight is 452 g/mol. The third-order valence-electron chi connectivity index (χ3n) is 4.48. The maximum absolute atomic E-state index is 12.7. The summed E-state index contributed by atoms with van der Waals surface area (Å²) in [7, 11) is -3.85. The summed E-state index contributed by atoms with van der Waals surface area (Å²) in [6, 6.07) is 10.7. The molecule has 1 heterocycles. The van der Waals surface area contributed by atoms with E-state index in [9.17, 15) is 18.5 Å². The van der Waals surface area contributed by atoms with Crippen molar-refractivity contribution in [2.75, 3.05) is 46.1 Å². The zero-order chi connectivity index (χ0) is 22.3. The van der Waals surface area contributed by atoms with Gasteiger partial charge in [-0.2, -0.15) is 4.31 Å². The van der Waals surface area contributed by atoms with Gasteiger partial charge in [0.15, 0.2) is 5.75 Å². The van der Waals surface area contributed by atoms with Crippen LogP contribution in [0.4, 0.5) is 5.69 Å². The predicted octanol–water partition coefficient (Wildman–Crippen LogP) is 2.47. The molecule has 2 aromatic carbocycles. The summed E-state index contributed by atoms with van der Waals surface area (Å²) in [4.78, 5) is 10.7. The topological polar surface area (TPSA) is 117 Å². The average Bonchev–Trinajstić information content (AvgIpc) is 2.78. The second-order valence-electron chi connectivity index (χ2n) is 6.50. The third-order valence-corrected chi connectivity index (χ3v) is 6.37. The Morgan fingerprint density at radius 3 is 2.23 bits per heavy atom. The number of nitrogens with zero attached hydrogens (tertiary/aromatic N) is 2. The molecule has 0 aromatic heterocycles. The largest absolute Gasteiger partial charge is 0.494 e. The lowest BCUT2D eigenvalue weighted by molar-refractivity contribution is -0.386. The second-order valence-corrected chi connectivity index (χ2v) is 8.44. The van der Waals surface area contributed by atoms with Gasteiger partial charge in [0, 0.05) is 19.2 Å². The molecule has 0 aliphatic carbocycles. The number of nitro benzene ring substituents is 1. The van der Waals surface area contributed by atoms with Crippen LogP contribution in [0.5, 0.6) is 17.2 Å². The van der Waals surface area contributed by atoms with E-state index in [4.69, 9.17) is 18.9 Å². The number of nitro groups is 1. The van der Waals surface area contributed by atoms with E-state index in [1.165, 1.54) is 16.4 Å². The van der Waals surface area contributed by atoms with Gasteiger partial charge in [-0.15, -0.1) is 0 Å². The highest BCUT2D eigenvalue weighted by atomic mass is 32.2. The Balaban J connectivity index is 1.62. The van der Waals surface area contributed by atoms with Crippen LogP contribution in [0.15, 0.2) is 47.4 Å². The van der Waals surface area contributed by atoms with Crippen LogP contribution in [0, 0.1) is 10.1 Å². The summed E-state index contributed by atoms with van der Waals surface area (Å²) in [6.07, 6.45) is 0. The fraction of sp³-hybridized carbons (Fsp3) is 0.400. The minimum Gasteiger partial charge on any atom is -0.494 e. The molecule has 11 heteroatoms. The summed E-state index contributed by atoms with van der Waals surface area (Å²) in [5.41, 5.74) is -0.421. The van der Waals surface area contributed by atoms with Gasteiger partial charge in [0.2, 0.25) is 10.0 Å². The molecular formula is C20H24N2O8S. The van der Waals surface area contributed by atoms with Crippen LogP contribution >= 0.6 is 0 Å². The van der Waals surface area contributed by atoms with Crippen molar-refractivity contribution in [2.45, 2.75) is 11.8 Å². The number of morpholine rings is 1. The van der Waals surface area contributed by atoms with E-state index in [1.54, 1.807) is 24.3 Å². The van der Waals surface area contributed by atoms with Crippen LogP contribution in [-0.2, 0) is 14.8 Å². The van der Waals surface area contributed by atoms with Crippen LogP contribution in [0.1, 0.15) is 6.92 Å². The molecule has 0 atom stereocenters. The molecule has 2 aromatic rings. The summed E-state index contributed by atoms with van der Waals surface area (Å²) in [6.45, 7) is 3.65. The van der Waals surface area contributed by atoms with Crippen molar-refractivity contribution in [1.82, 2.24) is 4.31 Å². The molecular weight excluding hydrogens is 428 g/mol. The van der Waals surface area contributed by atoms with Crippen molar-refractivity contribution >= 4 is 15.7 Å². The van der Waals surface area contributed by atoms with Gasteiger partial charge in [0.1, 0.15) is 24.7 Å². The zero-order valence-electron chi connectivity index (χ0n) is 17.1. The van der Waals surface area contributed by atoms with Crippen molar-refractivity contribution in [3.8, 4) is 17.2 Å². The highest BCUT2D eigenvalue weighted by Gasteiger charge is 2.29. The Hall–Kier alpha value is -2.89. The molecule has 1 aliphatic rings. The van der Waals surface area contributed by atoms with E-state index in [-0.39, 0.29) is 50.2 Å². The number of rotatable bonds is 10. The molecule has 0 spiro atoms. The van der Waals surface area contributed by atoms with Gasteiger partial charge < -0.3 is 18.9 Å². The van der Waals surface area contributed by atoms with Crippen molar-refractivity contribution in [3.63, 3.8) is 0 Å². The highest BCUT2D eigenvalue weighted by molar-refractivity contribution is 7.89. The van der Waals surface area contributed by atoms with Gasteiger partial charge in [0.25, 0.3) is 0 Å². The lowest BCUT2D eigenvalue weighted by Crippen LogP contribution is -2.40. The molecule has 168 valence electrons. The Morgan fingerprint density at radius 2 is 1.61 bits per heavy atom. The van der Waals surface area contributed by atoms with E-state index in [0.717, 1.165) is 11.8 Å². The van der Waals surface area contributed by atoms with Crippen LogP contribution in [-0.4, -0.2) is 63.8 Å². The summed E-state index contributed by atoms with van der Waals surface area (Å²) in [5, 5.41) is 11.5. The molecule has 0 saturated carbocycles. The second kappa shape index (κ2) is 10.4. The van der Waals surface area contributed by atoms with Gasteiger partial charge in [-0.3, -0.25) is 10.1 Å². The maximum Gasteiger partial charge on any atom is 0.312 e. The standard InChI is InChI=1S/C20H24N2O8S/c1-2-28-16-3-5-17(6-4-16)29-13-14-30-20-8-7-18(15-19(20)22(23)24)31(25,26)21-9-11-27-12-10-21/h3-8,15H,2,9-14H2,1H3. The lowest BCUT2D eigenvalue weighted by atomic mass is 10.3. The van der Waals surface area contributed by atoms with Crippen LogP contribution < -0.4 is 14.2 Å². The quantitative estimate of drug-likeness (QED) is 0.307. The first-order chi connectivity index (χ1) is 14.9. The van der Waals surface area contributed by atoms with Crippen LogP contribution in [0.2, 0.25) is 0 Å². The lowest BCUT2D eigenvalue weighted by Gasteiger charge is -2.26. The first kappa shape index (κ1) is 22.8. The number of ether oxygens (including phenoxy) is 4. The SMILES string of the molecule is CCOc1ccc(OCCOc2ccc(S(=O)(=O)N3CCOCC3)cc2[N+](=O)[O-])cc1. The van der Waals surface area contributed by atoms with Crippen molar-refractivity contribution in [1.29, 1.82) is 0 Å². The van der Waals surface area contributed by atoms with Gasteiger partial charge in [0.05, 0.1) is 29.6 Å². The fourth-order valence-corrected chi connectivity index (χ4v) is 4.40. The first-order valence-electron chi connectivity index (χ1n) is 9.76. The minimum absolute atomic E-state index is 0.0266. The minimum atomic E-state index is -3.85. The molecule has 3 rings (SSSR count). The number of hydrogen-bond donors (Lipinski definition) is 0. The molecule has 1 aliphatic heterocycles. The molecule has 0 unspecified atom stereocenters. The molecule has 0 bridgehead atoms. The molecule has 0 amide bonds. The van der Waals surface area contributed by atoms with E-state index in [0.29, 0.717) is 12.4 Å². The van der Waals surface area contributed by atoms with E-state index < -0.39 is 20.6 Å². The van der Waals surface area contributed by atoms with Crippen molar-refractivity contribution in [3.05, 3.63) is 52.6 Å². The normalized spacial score (nSPS) is 14.7. The summed E-state index contributed by atoms with van der Waals surface area (Å²) in [5.74, 6) is 1.31. The highest BCUT2D eigenvalue weighted by Crippen LogP contribution is 2.31.